The summed E-state index contributed by atoms with van der Waals surface area (Å²) in [5, 5.41) is 26.3. The lowest BCUT2D eigenvalue weighted by Gasteiger charge is -2.23. The first-order valence-corrected chi connectivity index (χ1v) is 10.7. The Morgan fingerprint density at radius 1 is 1.22 bits per heavy atom. The predicted octanol–water partition coefficient (Wildman–Crippen LogP) is 5.27. The minimum absolute atomic E-state index is 0.111. The monoisotopic (exact) mass is 400 g/mol. The summed E-state index contributed by atoms with van der Waals surface area (Å²) in [6.07, 6.45) is 18.1. The molecule has 0 saturated heterocycles. The summed E-state index contributed by atoms with van der Waals surface area (Å²) < 4.78 is 0. The van der Waals surface area contributed by atoms with E-state index in [1.807, 2.05) is 6.08 Å². The minimum Gasteiger partial charge on any atom is -0.477 e. The van der Waals surface area contributed by atoms with Gasteiger partial charge in [0.15, 0.2) is 0 Å². The molecule has 27 heavy (non-hydrogen) atoms. The van der Waals surface area contributed by atoms with Gasteiger partial charge in [-0.3, -0.25) is 0 Å². The van der Waals surface area contributed by atoms with Crippen molar-refractivity contribution in [3.05, 3.63) is 24.3 Å². The Kier molecular flexibility index (Phi) is 10.1. The quantitative estimate of drug-likeness (QED) is 0.237. The third kappa shape index (κ3) is 8.37. The molecule has 5 heteroatoms. The first-order chi connectivity index (χ1) is 12.6. The van der Waals surface area contributed by atoms with E-state index >= 15 is 0 Å². The zero-order chi connectivity index (χ0) is 20.5. The molecule has 1 fully saturated rings. The van der Waals surface area contributed by atoms with Gasteiger partial charge in [-0.25, -0.2) is 4.79 Å². The van der Waals surface area contributed by atoms with E-state index in [0.717, 1.165) is 12.8 Å². The van der Waals surface area contributed by atoms with Gasteiger partial charge < -0.3 is 15.3 Å². The Hall–Kier alpha value is -0.840. The lowest BCUT2D eigenvalue weighted by atomic mass is 9.83. The van der Waals surface area contributed by atoms with Gasteiger partial charge in [0.05, 0.1) is 0 Å². The number of hydrogen-bond acceptors (Lipinski definition) is 3. The van der Waals surface area contributed by atoms with Gasteiger partial charge in [0, 0.05) is 0 Å². The number of rotatable bonds is 12. The first kappa shape index (κ1) is 24.2. The zero-order valence-electron chi connectivity index (χ0n) is 17.0. The highest BCUT2D eigenvalue weighted by Crippen LogP contribution is 2.36. The molecule has 0 heterocycles. The van der Waals surface area contributed by atoms with Crippen molar-refractivity contribution in [2.24, 2.45) is 17.3 Å². The van der Waals surface area contributed by atoms with Crippen molar-refractivity contribution in [1.82, 2.24) is 0 Å². The minimum atomic E-state index is -2.89. The van der Waals surface area contributed by atoms with Gasteiger partial charge in [0.1, 0.15) is 5.38 Å². The van der Waals surface area contributed by atoms with Crippen molar-refractivity contribution in [2.75, 3.05) is 0 Å². The maximum atomic E-state index is 10.8. The van der Waals surface area contributed by atoms with Gasteiger partial charge in [0.2, 0.25) is 0 Å². The van der Waals surface area contributed by atoms with E-state index < -0.39 is 17.1 Å². The molecule has 0 aliphatic heterocycles. The summed E-state index contributed by atoms with van der Waals surface area (Å²) in [6.45, 7) is 6.91. The fraction of sp³-hybridized carbons (Fsp3) is 0.773. The maximum absolute atomic E-state index is 10.8. The average Bonchev–Trinajstić information content (AvgIpc) is 3.03. The van der Waals surface area contributed by atoms with Crippen molar-refractivity contribution in [3.8, 4) is 0 Å². The zero-order valence-corrected chi connectivity index (χ0v) is 17.8. The molecule has 4 nitrogen and oxygen atoms in total. The molecule has 1 rings (SSSR count). The third-order valence-corrected chi connectivity index (χ3v) is 6.16. The fourth-order valence-corrected chi connectivity index (χ4v) is 3.91. The van der Waals surface area contributed by atoms with Crippen LogP contribution in [0.3, 0.4) is 0 Å². The molecule has 0 spiro atoms. The predicted molar refractivity (Wildman–Crippen MR) is 111 cm³/mol. The van der Waals surface area contributed by atoms with Crippen molar-refractivity contribution >= 4 is 17.6 Å². The molecule has 0 aromatic heterocycles. The van der Waals surface area contributed by atoms with Crippen LogP contribution in [0.4, 0.5) is 0 Å². The molecule has 0 aromatic rings. The molecule has 3 atom stereocenters. The highest BCUT2D eigenvalue weighted by molar-refractivity contribution is 6.22. The Labute approximate surface area is 169 Å². The Morgan fingerprint density at radius 3 is 2.56 bits per heavy atom. The van der Waals surface area contributed by atoms with E-state index in [-0.39, 0.29) is 6.42 Å². The Morgan fingerprint density at radius 2 is 1.93 bits per heavy atom. The second kappa shape index (κ2) is 11.2. The van der Waals surface area contributed by atoms with Crippen molar-refractivity contribution in [2.45, 2.75) is 89.7 Å². The summed E-state index contributed by atoms with van der Waals surface area (Å²) in [5.74, 6) is -3.43. The largest absolute Gasteiger partial charge is 0.477 e. The third-order valence-electron chi connectivity index (χ3n) is 5.68. The number of alkyl halides is 1. The van der Waals surface area contributed by atoms with Crippen LogP contribution < -0.4 is 0 Å². The van der Waals surface area contributed by atoms with E-state index in [0.29, 0.717) is 17.3 Å². The van der Waals surface area contributed by atoms with Gasteiger partial charge in [-0.05, 0) is 55.8 Å². The van der Waals surface area contributed by atoms with Gasteiger partial charge in [-0.2, -0.15) is 0 Å². The van der Waals surface area contributed by atoms with Crippen LogP contribution in [0, 0.1) is 17.3 Å². The normalized spacial score (nSPS) is 22.7. The summed E-state index contributed by atoms with van der Waals surface area (Å²) in [5.41, 5.74) is 0.362. The van der Waals surface area contributed by atoms with E-state index in [2.05, 4.69) is 32.9 Å². The Bertz CT molecular complexity index is 510. The number of unbranched alkanes of at least 4 members (excludes halogenated alkanes) is 1. The highest BCUT2D eigenvalue weighted by atomic mass is 35.5. The molecular weight excluding hydrogens is 364 g/mol. The van der Waals surface area contributed by atoms with Crippen molar-refractivity contribution in [3.63, 3.8) is 0 Å². The first-order valence-electron chi connectivity index (χ1n) is 10.2. The van der Waals surface area contributed by atoms with Crippen molar-refractivity contribution < 1.29 is 20.1 Å². The molecule has 156 valence electrons. The number of halogens is 1. The number of carboxylic acid groups (broad SMARTS) is 1. The van der Waals surface area contributed by atoms with E-state index in [9.17, 15) is 15.0 Å². The maximum Gasteiger partial charge on any atom is 0.365 e. The molecule has 1 aliphatic carbocycles. The summed E-state index contributed by atoms with van der Waals surface area (Å²) in [6, 6.07) is 0. The van der Waals surface area contributed by atoms with Crippen LogP contribution in [-0.4, -0.2) is 32.5 Å². The number of allylic oxidation sites excluding steroid dienone is 4. The van der Waals surface area contributed by atoms with E-state index in [4.69, 9.17) is 16.7 Å². The van der Waals surface area contributed by atoms with Crippen LogP contribution in [0.15, 0.2) is 24.3 Å². The van der Waals surface area contributed by atoms with Crippen LogP contribution in [0.1, 0.15) is 78.6 Å². The molecular formula is C22H37ClO4. The lowest BCUT2D eigenvalue weighted by molar-refractivity contribution is -0.203. The summed E-state index contributed by atoms with van der Waals surface area (Å²) in [7, 11) is 0. The van der Waals surface area contributed by atoms with Gasteiger partial charge >= 0.3 is 5.97 Å². The van der Waals surface area contributed by atoms with Crippen LogP contribution in [0.5, 0.6) is 0 Å². The number of carbonyl (C=O) groups is 1. The topological polar surface area (TPSA) is 77.8 Å². The number of aliphatic hydroxyl groups is 2. The smallest absolute Gasteiger partial charge is 0.365 e. The fourth-order valence-electron chi connectivity index (χ4n) is 3.72. The molecule has 0 amide bonds. The van der Waals surface area contributed by atoms with Gasteiger partial charge in [0.25, 0.3) is 5.79 Å². The van der Waals surface area contributed by atoms with E-state index in [1.54, 1.807) is 6.08 Å². The molecule has 1 aliphatic rings. The molecule has 1 saturated carbocycles. The number of carboxylic acids is 1. The number of aliphatic carboxylic acids is 1. The highest BCUT2D eigenvalue weighted by Gasteiger charge is 2.40. The second-order valence-corrected chi connectivity index (χ2v) is 9.22. The summed E-state index contributed by atoms with van der Waals surface area (Å²) in [4.78, 5) is 10.8. The molecule has 0 radical (unpaired) electrons. The van der Waals surface area contributed by atoms with Crippen molar-refractivity contribution in [1.29, 1.82) is 0 Å². The molecule has 0 bridgehead atoms. The lowest BCUT2D eigenvalue weighted by Crippen LogP contribution is -2.46. The van der Waals surface area contributed by atoms with Gasteiger partial charge in [-0.1, -0.05) is 64.3 Å². The van der Waals surface area contributed by atoms with Gasteiger partial charge in [-0.15, -0.1) is 11.6 Å². The average molecular weight is 401 g/mol. The van der Waals surface area contributed by atoms with Crippen LogP contribution in [0.25, 0.3) is 0 Å². The number of hydrogen-bond donors (Lipinski definition) is 3. The molecule has 1 unspecified atom stereocenters. The van der Waals surface area contributed by atoms with E-state index in [1.165, 1.54) is 38.5 Å². The molecule has 0 aromatic carbocycles. The van der Waals surface area contributed by atoms with Crippen LogP contribution in [-0.2, 0) is 4.79 Å². The van der Waals surface area contributed by atoms with Crippen LogP contribution >= 0.6 is 11.6 Å². The standard InChI is InChI=1S/C22H37ClO4/c1-4-5-15-21(2,3)16-9-13-18-12-8-11-17(18)10-6-7-14-19(23)22(26,27)20(24)25/h6-7,9,13,17-19,26-27H,4-5,8,10-12,14-16H2,1-3H3,(H,24,25)/t17-,18+,19?/m0/s1. The SMILES string of the molecule is CCCCC(C)(C)CC=C[C@H]1CCC[C@@H]1CC=CCC(Cl)C(O)(O)C(=O)O. The Balaban J connectivity index is 2.44. The summed E-state index contributed by atoms with van der Waals surface area (Å²) >= 11 is 5.80. The molecule has 3 N–H and O–H groups in total. The van der Waals surface area contributed by atoms with Crippen LogP contribution in [0.2, 0.25) is 0 Å². The second-order valence-electron chi connectivity index (χ2n) is 8.70.